The average Bonchev–Trinajstić information content (AvgIpc) is 3.56. The van der Waals surface area contributed by atoms with E-state index in [2.05, 4.69) is 15.5 Å². The van der Waals surface area contributed by atoms with Crippen LogP contribution in [-0.4, -0.2) is 73.5 Å². The van der Waals surface area contributed by atoms with Gasteiger partial charge in [-0.25, -0.2) is 9.59 Å². The number of carboxylic acid groups (broad SMARTS) is 2. The quantitative estimate of drug-likeness (QED) is 0.393. The molecule has 1 aromatic heterocycles. The number of hydrogen-bond acceptors (Lipinski definition) is 10. The third kappa shape index (κ3) is 4.60. The van der Waals surface area contributed by atoms with E-state index in [0.717, 1.165) is 16.6 Å². The molecule has 0 aliphatic carbocycles. The number of azo groups is 1. The first-order chi connectivity index (χ1) is 17.8. The van der Waals surface area contributed by atoms with Crippen LogP contribution in [0.3, 0.4) is 0 Å². The van der Waals surface area contributed by atoms with Gasteiger partial charge in [0.2, 0.25) is 5.91 Å². The summed E-state index contributed by atoms with van der Waals surface area (Å²) >= 11 is 3.71. The number of nitrogens with zero attached hydrogens (tertiary/aromatic N) is 4. The van der Waals surface area contributed by atoms with Crippen LogP contribution in [0.25, 0.3) is 0 Å². The van der Waals surface area contributed by atoms with Crippen LogP contribution in [0.2, 0.25) is 0 Å². The maximum absolute atomic E-state index is 12.9. The lowest BCUT2D eigenvalue weighted by atomic mass is 10.0. The van der Waals surface area contributed by atoms with Crippen molar-refractivity contribution in [1.82, 2.24) is 10.2 Å². The molecule has 1 fully saturated rings. The predicted molar refractivity (Wildman–Crippen MR) is 139 cm³/mol. The molecular weight excluding hydrogens is 538 g/mol. The fourth-order valence-corrected chi connectivity index (χ4v) is 7.66. The first-order valence-corrected chi connectivity index (χ1v) is 14.0. The van der Waals surface area contributed by atoms with Gasteiger partial charge in [-0.05, 0) is 29.2 Å². The van der Waals surface area contributed by atoms with Crippen molar-refractivity contribution in [3.63, 3.8) is 0 Å². The number of rotatable bonds is 9. The van der Waals surface area contributed by atoms with Crippen molar-refractivity contribution < 1.29 is 29.4 Å². The Morgan fingerprint density at radius 3 is 2.62 bits per heavy atom. The molecule has 2 aromatic rings. The van der Waals surface area contributed by atoms with Gasteiger partial charge in [-0.15, -0.1) is 28.2 Å². The van der Waals surface area contributed by atoms with Gasteiger partial charge in [0, 0.05) is 22.1 Å². The lowest BCUT2D eigenvalue weighted by Crippen LogP contribution is -2.70. The Hall–Kier alpha value is -3.36. The number of fused-ring (bicyclic) bond motifs is 1. The summed E-state index contributed by atoms with van der Waals surface area (Å²) in [5, 5.41) is 32.1. The van der Waals surface area contributed by atoms with Crippen LogP contribution >= 0.6 is 34.9 Å². The van der Waals surface area contributed by atoms with Crippen molar-refractivity contribution in [1.29, 1.82) is 0 Å². The molecule has 3 aliphatic rings. The molecule has 192 valence electrons. The second-order valence-electron chi connectivity index (χ2n) is 8.32. The Morgan fingerprint density at radius 1 is 1.16 bits per heavy atom. The molecule has 3 N–H and O–H groups in total. The van der Waals surface area contributed by atoms with E-state index in [1.807, 2.05) is 23.6 Å². The van der Waals surface area contributed by atoms with E-state index in [1.165, 1.54) is 32.9 Å². The first kappa shape index (κ1) is 25.3. The second kappa shape index (κ2) is 10.2. The van der Waals surface area contributed by atoms with Crippen LogP contribution < -0.4 is 10.2 Å². The summed E-state index contributed by atoms with van der Waals surface area (Å²) < 4.78 is 0. The topological polar surface area (TPSA) is 152 Å². The highest BCUT2D eigenvalue weighted by molar-refractivity contribution is 8.02. The standard InChI is InChI=1S/C23H21N5O6S3/c29-16(9-15-7-4-8-35-15)25-17-19(30)28-18(21(31)32)13(10-36-20(17)28)11-37-23(22(33)34)26-24-12-27(23)14-5-2-1-3-6-14/h1-8,17,20H,9-12H2,(H,25,29)(H,31,32)(H,33,34)/t17?,20-,23?/m1/s1. The fraction of sp³-hybridized carbons (Fsp3) is 0.304. The van der Waals surface area contributed by atoms with Crippen LogP contribution in [0, 0.1) is 0 Å². The maximum Gasteiger partial charge on any atom is 0.365 e. The highest BCUT2D eigenvalue weighted by Gasteiger charge is 2.55. The van der Waals surface area contributed by atoms with Crippen molar-refractivity contribution in [2.24, 2.45) is 10.2 Å². The van der Waals surface area contributed by atoms with E-state index >= 15 is 0 Å². The van der Waals surface area contributed by atoms with Crippen LogP contribution in [0.15, 0.2) is 69.3 Å². The van der Waals surface area contributed by atoms with Crippen LogP contribution in [0.4, 0.5) is 5.69 Å². The van der Waals surface area contributed by atoms with Crippen molar-refractivity contribution in [3.05, 3.63) is 64.0 Å². The number of carboxylic acids is 2. The summed E-state index contributed by atoms with van der Waals surface area (Å²) in [5.41, 5.74) is 0.852. The molecule has 2 unspecified atom stereocenters. The Labute approximate surface area is 223 Å². The molecule has 3 atom stereocenters. The van der Waals surface area contributed by atoms with Gasteiger partial charge < -0.3 is 20.4 Å². The molecule has 1 aromatic carbocycles. The van der Waals surface area contributed by atoms with Crippen LogP contribution in [0.5, 0.6) is 0 Å². The number of carbonyl (C=O) groups is 4. The van der Waals surface area contributed by atoms with Gasteiger partial charge in [-0.1, -0.05) is 36.0 Å². The molecule has 37 heavy (non-hydrogen) atoms. The smallest absolute Gasteiger partial charge is 0.365 e. The summed E-state index contributed by atoms with van der Waals surface area (Å²) in [7, 11) is 0. The zero-order valence-electron chi connectivity index (χ0n) is 19.1. The van der Waals surface area contributed by atoms with Crippen molar-refractivity contribution >= 4 is 64.3 Å². The number of amides is 2. The summed E-state index contributed by atoms with van der Waals surface area (Å²) in [6.07, 6.45) is 0.145. The number of hydrogen-bond donors (Lipinski definition) is 3. The zero-order chi connectivity index (χ0) is 26.2. The number of nitrogens with one attached hydrogen (secondary N) is 1. The van der Waals surface area contributed by atoms with Gasteiger partial charge in [0.05, 0.1) is 6.42 Å². The van der Waals surface area contributed by atoms with Gasteiger partial charge in [0.1, 0.15) is 23.8 Å². The lowest BCUT2D eigenvalue weighted by Gasteiger charge is -2.49. The molecule has 0 radical (unpaired) electrons. The lowest BCUT2D eigenvalue weighted by molar-refractivity contribution is -0.150. The number of aliphatic carboxylic acids is 2. The van der Waals surface area contributed by atoms with Crippen molar-refractivity contribution in [2.45, 2.75) is 22.8 Å². The number of para-hydroxylation sites is 1. The Kier molecular flexibility index (Phi) is 6.96. The molecule has 0 spiro atoms. The number of thiophene rings is 1. The highest BCUT2D eigenvalue weighted by atomic mass is 32.2. The molecule has 14 heteroatoms. The van der Waals surface area contributed by atoms with Crippen molar-refractivity contribution in [3.8, 4) is 0 Å². The largest absolute Gasteiger partial charge is 0.477 e. The molecular formula is C23H21N5O6S3. The Bertz CT molecular complexity index is 1300. The van der Waals surface area contributed by atoms with Gasteiger partial charge in [-0.3, -0.25) is 14.5 Å². The van der Waals surface area contributed by atoms with Gasteiger partial charge in [0.25, 0.3) is 10.9 Å². The third-order valence-electron chi connectivity index (χ3n) is 6.05. The maximum atomic E-state index is 12.9. The summed E-state index contributed by atoms with van der Waals surface area (Å²) in [5.74, 6) is -3.05. The summed E-state index contributed by atoms with van der Waals surface area (Å²) in [6, 6.07) is 11.7. The minimum atomic E-state index is -1.77. The number of anilines is 1. The zero-order valence-corrected chi connectivity index (χ0v) is 21.6. The van der Waals surface area contributed by atoms with E-state index < -0.39 is 34.3 Å². The SMILES string of the molecule is O=C(Cc1cccs1)NC1C(=O)N2C(C(=O)O)=C(CSC3(C(=O)O)N=NCN3c3ccccc3)CS[C@H]12. The predicted octanol–water partition coefficient (Wildman–Crippen LogP) is 2.43. The third-order valence-corrected chi connectivity index (χ3v) is 9.64. The number of carbonyl (C=O) groups excluding carboxylic acids is 2. The minimum Gasteiger partial charge on any atom is -0.477 e. The number of β-lactam (4-membered cyclic amide) rings is 1. The first-order valence-electron chi connectivity index (χ1n) is 11.1. The number of benzene rings is 1. The second-order valence-corrected chi connectivity index (χ2v) is 11.6. The molecule has 11 nitrogen and oxygen atoms in total. The molecule has 2 amide bonds. The van der Waals surface area contributed by atoms with Crippen molar-refractivity contribution in [2.75, 3.05) is 23.1 Å². The molecule has 0 saturated carbocycles. The van der Waals surface area contributed by atoms with E-state index in [9.17, 15) is 29.4 Å². The fourth-order valence-electron chi connectivity index (χ4n) is 4.31. The van der Waals surface area contributed by atoms with Crippen LogP contribution in [-0.2, 0) is 25.6 Å². The average molecular weight is 560 g/mol. The van der Waals surface area contributed by atoms with Gasteiger partial charge in [0.15, 0.2) is 0 Å². The van der Waals surface area contributed by atoms with E-state index in [1.54, 1.807) is 24.3 Å². The monoisotopic (exact) mass is 559 g/mol. The molecule has 0 bridgehead atoms. The molecule has 3 aliphatic heterocycles. The summed E-state index contributed by atoms with van der Waals surface area (Å²) in [6.45, 7) is 0.0441. The molecule has 5 rings (SSSR count). The van der Waals surface area contributed by atoms with Gasteiger partial charge in [-0.2, -0.15) is 5.11 Å². The Balaban J connectivity index is 1.33. The van der Waals surface area contributed by atoms with E-state index in [-0.39, 0.29) is 36.2 Å². The van der Waals surface area contributed by atoms with E-state index in [0.29, 0.717) is 11.3 Å². The normalized spacial score (nSPS) is 24.6. The molecule has 1 saturated heterocycles. The number of thioether (sulfide) groups is 2. The molecule has 4 heterocycles. The Morgan fingerprint density at radius 2 is 1.95 bits per heavy atom. The van der Waals surface area contributed by atoms with Gasteiger partial charge >= 0.3 is 11.9 Å². The minimum absolute atomic E-state index is 0.00912. The van der Waals surface area contributed by atoms with E-state index in [4.69, 9.17) is 0 Å². The highest BCUT2D eigenvalue weighted by Crippen LogP contribution is 2.44. The van der Waals surface area contributed by atoms with Crippen LogP contribution in [0.1, 0.15) is 4.88 Å². The summed E-state index contributed by atoms with van der Waals surface area (Å²) in [4.78, 5) is 51.7.